The third-order valence-electron chi connectivity index (χ3n) is 3.81. The summed E-state index contributed by atoms with van der Waals surface area (Å²) in [5, 5.41) is 0. The van der Waals surface area contributed by atoms with E-state index in [4.69, 9.17) is 10.5 Å². The van der Waals surface area contributed by atoms with E-state index in [2.05, 4.69) is 49.4 Å². The van der Waals surface area contributed by atoms with Crippen LogP contribution in [0.15, 0.2) is 42.5 Å². The molecule has 0 radical (unpaired) electrons. The van der Waals surface area contributed by atoms with Gasteiger partial charge in [-0.15, -0.1) is 0 Å². The Morgan fingerprint density at radius 3 is 2.55 bits per heavy atom. The molecule has 0 fully saturated rings. The van der Waals surface area contributed by atoms with Gasteiger partial charge in [0.15, 0.2) is 0 Å². The Morgan fingerprint density at radius 2 is 1.85 bits per heavy atom. The predicted molar refractivity (Wildman–Crippen MR) is 78.3 cm³/mol. The number of hydrogen-bond donors (Lipinski definition) is 1. The van der Waals surface area contributed by atoms with Crippen molar-refractivity contribution in [1.29, 1.82) is 0 Å². The first-order chi connectivity index (χ1) is 9.63. The summed E-state index contributed by atoms with van der Waals surface area (Å²) in [4.78, 5) is 11.0. The molecule has 1 amide bonds. The molecule has 20 heavy (non-hydrogen) atoms. The number of ether oxygens (including phenoxy) is 1. The number of carbonyl (C=O) groups excluding carboxylic acids is 1. The number of fused-ring (bicyclic) bond motifs is 1. The fourth-order valence-electron chi connectivity index (χ4n) is 2.75. The van der Waals surface area contributed by atoms with E-state index < -0.39 is 6.09 Å². The quantitative estimate of drug-likeness (QED) is 0.901. The van der Waals surface area contributed by atoms with Crippen molar-refractivity contribution in [2.75, 3.05) is 0 Å². The van der Waals surface area contributed by atoms with Gasteiger partial charge in [0.05, 0.1) is 0 Å². The zero-order valence-corrected chi connectivity index (χ0v) is 11.4. The van der Waals surface area contributed by atoms with E-state index in [-0.39, 0.29) is 6.10 Å². The van der Waals surface area contributed by atoms with Gasteiger partial charge in [-0.1, -0.05) is 42.0 Å². The fraction of sp³-hybridized carbons (Fsp3) is 0.235. The highest BCUT2D eigenvalue weighted by Crippen LogP contribution is 2.36. The maximum Gasteiger partial charge on any atom is 0.405 e. The third kappa shape index (κ3) is 2.39. The van der Waals surface area contributed by atoms with Gasteiger partial charge < -0.3 is 10.5 Å². The van der Waals surface area contributed by atoms with E-state index in [1.165, 1.54) is 16.7 Å². The van der Waals surface area contributed by atoms with Gasteiger partial charge in [0.2, 0.25) is 0 Å². The van der Waals surface area contributed by atoms with Crippen LogP contribution in [-0.4, -0.2) is 6.09 Å². The lowest BCUT2D eigenvalue weighted by atomic mass is 9.99. The number of primary amides is 1. The highest BCUT2D eigenvalue weighted by molar-refractivity contribution is 5.67. The molecule has 3 heteroatoms. The molecule has 3 rings (SSSR count). The molecule has 0 spiro atoms. The second kappa shape index (κ2) is 5.00. The summed E-state index contributed by atoms with van der Waals surface area (Å²) in [6, 6.07) is 14.8. The maximum atomic E-state index is 11.0. The first kappa shape index (κ1) is 12.7. The number of carbonyl (C=O) groups is 1. The number of hydrogen-bond acceptors (Lipinski definition) is 2. The molecule has 102 valence electrons. The Hall–Kier alpha value is -2.29. The van der Waals surface area contributed by atoms with E-state index in [1.807, 2.05) is 0 Å². The molecule has 3 nitrogen and oxygen atoms in total. The van der Waals surface area contributed by atoms with Crippen LogP contribution in [0, 0.1) is 6.92 Å². The smallest absolute Gasteiger partial charge is 0.405 e. The molecule has 0 bridgehead atoms. The highest BCUT2D eigenvalue weighted by atomic mass is 16.6. The van der Waals surface area contributed by atoms with Gasteiger partial charge in [0.1, 0.15) is 6.10 Å². The summed E-state index contributed by atoms with van der Waals surface area (Å²) in [5.74, 6) is 0. The first-order valence-corrected chi connectivity index (χ1v) is 6.79. The topological polar surface area (TPSA) is 52.3 Å². The fourth-order valence-corrected chi connectivity index (χ4v) is 2.75. The average Bonchev–Trinajstić information content (AvgIpc) is 2.81. The lowest BCUT2D eigenvalue weighted by Gasteiger charge is -2.12. The molecule has 0 saturated carbocycles. The summed E-state index contributed by atoms with van der Waals surface area (Å²) in [7, 11) is 0. The Labute approximate surface area is 118 Å². The van der Waals surface area contributed by atoms with Crippen LogP contribution in [0.5, 0.6) is 0 Å². The van der Waals surface area contributed by atoms with E-state index in [1.54, 1.807) is 0 Å². The van der Waals surface area contributed by atoms with Crippen molar-refractivity contribution in [3.05, 3.63) is 59.2 Å². The number of nitrogens with two attached hydrogens (primary N) is 1. The molecule has 1 unspecified atom stereocenters. The Morgan fingerprint density at radius 1 is 1.15 bits per heavy atom. The van der Waals surface area contributed by atoms with Crippen LogP contribution < -0.4 is 5.73 Å². The van der Waals surface area contributed by atoms with Crippen molar-refractivity contribution in [1.82, 2.24) is 0 Å². The Balaban J connectivity index is 1.96. The monoisotopic (exact) mass is 267 g/mol. The van der Waals surface area contributed by atoms with E-state index in [0.29, 0.717) is 0 Å². The van der Waals surface area contributed by atoms with Crippen LogP contribution in [0.3, 0.4) is 0 Å². The SMILES string of the molecule is Cc1ccc(-c2ccc3c(c2)C(OC(N)=O)CC3)cc1. The Kier molecular flexibility index (Phi) is 3.18. The minimum absolute atomic E-state index is 0.201. The lowest BCUT2D eigenvalue weighted by Crippen LogP contribution is -2.15. The third-order valence-corrected chi connectivity index (χ3v) is 3.81. The summed E-state index contributed by atoms with van der Waals surface area (Å²) in [6.07, 6.45) is 0.841. The van der Waals surface area contributed by atoms with Crippen LogP contribution in [0.1, 0.15) is 29.2 Å². The minimum atomic E-state index is -0.705. The number of amides is 1. The molecular formula is C17H17NO2. The molecule has 2 aromatic carbocycles. The molecule has 0 saturated heterocycles. The molecule has 1 aliphatic carbocycles. The largest absolute Gasteiger partial charge is 0.441 e. The minimum Gasteiger partial charge on any atom is -0.441 e. The van der Waals surface area contributed by atoms with Crippen LogP contribution in [0.4, 0.5) is 4.79 Å². The zero-order valence-electron chi connectivity index (χ0n) is 11.4. The van der Waals surface area contributed by atoms with E-state index >= 15 is 0 Å². The van der Waals surface area contributed by atoms with Gasteiger partial charge in [-0.2, -0.15) is 0 Å². The molecule has 1 aliphatic rings. The summed E-state index contributed by atoms with van der Waals surface area (Å²) < 4.78 is 5.19. The molecule has 0 aromatic heterocycles. The Bertz CT molecular complexity index is 647. The summed E-state index contributed by atoms with van der Waals surface area (Å²) >= 11 is 0. The normalized spacial score (nSPS) is 16.8. The molecular weight excluding hydrogens is 250 g/mol. The number of rotatable bonds is 2. The van der Waals surface area contributed by atoms with Crippen LogP contribution >= 0.6 is 0 Å². The van der Waals surface area contributed by atoms with Gasteiger partial charge in [-0.05, 0) is 48.1 Å². The van der Waals surface area contributed by atoms with Crippen molar-refractivity contribution in [2.24, 2.45) is 5.73 Å². The molecule has 2 N–H and O–H groups in total. The van der Waals surface area contributed by atoms with Crippen LogP contribution in [0.25, 0.3) is 11.1 Å². The van der Waals surface area contributed by atoms with Crippen LogP contribution in [-0.2, 0) is 11.2 Å². The highest BCUT2D eigenvalue weighted by Gasteiger charge is 2.25. The molecule has 2 aromatic rings. The van der Waals surface area contributed by atoms with E-state index in [0.717, 1.165) is 24.0 Å². The second-order valence-electron chi connectivity index (χ2n) is 5.24. The second-order valence-corrected chi connectivity index (χ2v) is 5.24. The van der Waals surface area contributed by atoms with E-state index in [9.17, 15) is 4.79 Å². The summed E-state index contributed by atoms with van der Waals surface area (Å²) in [5.41, 5.74) is 11.0. The molecule has 0 aliphatic heterocycles. The van der Waals surface area contributed by atoms with Gasteiger partial charge >= 0.3 is 6.09 Å². The van der Waals surface area contributed by atoms with Gasteiger partial charge in [-0.25, -0.2) is 4.79 Å². The lowest BCUT2D eigenvalue weighted by molar-refractivity contribution is 0.107. The molecule has 0 heterocycles. The average molecular weight is 267 g/mol. The van der Waals surface area contributed by atoms with Gasteiger partial charge in [0.25, 0.3) is 0 Å². The number of aryl methyl sites for hydroxylation is 2. The number of benzene rings is 2. The summed E-state index contributed by atoms with van der Waals surface area (Å²) in [6.45, 7) is 2.07. The zero-order chi connectivity index (χ0) is 14.1. The first-order valence-electron chi connectivity index (χ1n) is 6.79. The van der Waals surface area contributed by atoms with Crippen molar-refractivity contribution >= 4 is 6.09 Å². The van der Waals surface area contributed by atoms with Crippen molar-refractivity contribution in [3.63, 3.8) is 0 Å². The van der Waals surface area contributed by atoms with Gasteiger partial charge in [0, 0.05) is 0 Å². The predicted octanol–water partition coefficient (Wildman–Crippen LogP) is 3.74. The van der Waals surface area contributed by atoms with Gasteiger partial charge in [-0.3, -0.25) is 0 Å². The standard InChI is InChI=1S/C17H17NO2/c1-11-2-4-12(5-3-11)14-7-6-13-8-9-16(15(13)10-14)20-17(18)19/h2-7,10,16H,8-9H2,1H3,(H2,18,19). The van der Waals surface area contributed by atoms with Crippen molar-refractivity contribution in [3.8, 4) is 11.1 Å². The molecule has 1 atom stereocenters. The van der Waals surface area contributed by atoms with Crippen molar-refractivity contribution in [2.45, 2.75) is 25.9 Å². The van der Waals surface area contributed by atoms with Crippen molar-refractivity contribution < 1.29 is 9.53 Å². The van der Waals surface area contributed by atoms with Crippen LogP contribution in [0.2, 0.25) is 0 Å². The maximum absolute atomic E-state index is 11.0.